The SMILES string of the molecule is Cc1ncsc1CN(C)CC(O)c1cc(Br)no1. The van der Waals surface area contributed by atoms with Crippen LogP contribution >= 0.6 is 27.3 Å². The Morgan fingerprint density at radius 2 is 2.39 bits per heavy atom. The van der Waals surface area contributed by atoms with Gasteiger partial charge in [0, 0.05) is 24.0 Å². The summed E-state index contributed by atoms with van der Waals surface area (Å²) in [5.74, 6) is 0.467. The number of rotatable bonds is 5. The van der Waals surface area contributed by atoms with Crippen molar-refractivity contribution in [2.24, 2.45) is 0 Å². The lowest BCUT2D eigenvalue weighted by Crippen LogP contribution is -2.24. The van der Waals surface area contributed by atoms with Crippen LogP contribution in [0.1, 0.15) is 22.4 Å². The molecular weight excluding hydrogens is 318 g/mol. The van der Waals surface area contributed by atoms with Crippen LogP contribution in [-0.2, 0) is 6.54 Å². The predicted molar refractivity (Wildman–Crippen MR) is 72.3 cm³/mol. The van der Waals surface area contributed by atoms with Crippen molar-refractivity contribution in [1.82, 2.24) is 15.0 Å². The van der Waals surface area contributed by atoms with E-state index in [9.17, 15) is 5.11 Å². The molecule has 0 spiro atoms. The fourth-order valence-corrected chi connectivity index (χ4v) is 2.75. The van der Waals surface area contributed by atoms with Crippen LogP contribution in [0.5, 0.6) is 0 Å². The van der Waals surface area contributed by atoms with Crippen LogP contribution in [0.3, 0.4) is 0 Å². The van der Waals surface area contributed by atoms with Gasteiger partial charge in [0.05, 0.1) is 11.2 Å². The lowest BCUT2D eigenvalue weighted by molar-refractivity contribution is 0.0968. The van der Waals surface area contributed by atoms with Gasteiger partial charge in [0.25, 0.3) is 0 Å². The van der Waals surface area contributed by atoms with Crippen molar-refractivity contribution in [3.05, 3.63) is 32.5 Å². The van der Waals surface area contributed by atoms with Crippen molar-refractivity contribution < 1.29 is 9.63 Å². The number of aliphatic hydroxyl groups is 1. The Hall–Kier alpha value is -0.760. The first kappa shape index (κ1) is 13.7. The minimum absolute atomic E-state index is 0.467. The largest absolute Gasteiger partial charge is 0.384 e. The summed E-state index contributed by atoms with van der Waals surface area (Å²) in [4.78, 5) is 7.45. The van der Waals surface area contributed by atoms with Gasteiger partial charge >= 0.3 is 0 Å². The summed E-state index contributed by atoms with van der Waals surface area (Å²) < 4.78 is 5.60. The Morgan fingerprint density at radius 1 is 1.61 bits per heavy atom. The fourth-order valence-electron chi connectivity index (χ4n) is 1.60. The smallest absolute Gasteiger partial charge is 0.167 e. The minimum atomic E-state index is -0.679. The molecule has 0 aliphatic heterocycles. The first-order chi connectivity index (χ1) is 8.56. The first-order valence-electron chi connectivity index (χ1n) is 5.44. The summed E-state index contributed by atoms with van der Waals surface area (Å²) in [6, 6.07) is 1.68. The third-order valence-electron chi connectivity index (χ3n) is 2.57. The van der Waals surface area contributed by atoms with Gasteiger partial charge in [-0.1, -0.05) is 5.16 Å². The molecule has 98 valence electrons. The summed E-state index contributed by atoms with van der Waals surface area (Å²) in [6.07, 6.45) is -0.679. The van der Waals surface area contributed by atoms with E-state index in [0.29, 0.717) is 16.9 Å². The molecule has 2 aromatic rings. The second kappa shape index (κ2) is 5.92. The molecule has 2 rings (SSSR count). The van der Waals surface area contributed by atoms with Gasteiger partial charge in [0.1, 0.15) is 10.7 Å². The summed E-state index contributed by atoms with van der Waals surface area (Å²) in [7, 11) is 1.95. The zero-order valence-electron chi connectivity index (χ0n) is 10.1. The van der Waals surface area contributed by atoms with Crippen molar-refractivity contribution in [2.75, 3.05) is 13.6 Å². The number of likely N-dealkylation sites (N-methyl/N-ethyl adjacent to an activating group) is 1. The van der Waals surface area contributed by atoms with Crippen LogP contribution < -0.4 is 0 Å². The molecule has 0 aromatic carbocycles. The van der Waals surface area contributed by atoms with Crippen molar-refractivity contribution in [3.8, 4) is 0 Å². The summed E-state index contributed by atoms with van der Waals surface area (Å²) >= 11 is 4.82. The number of hydrogen-bond donors (Lipinski definition) is 1. The number of halogens is 1. The van der Waals surface area contributed by atoms with E-state index in [-0.39, 0.29) is 0 Å². The van der Waals surface area contributed by atoms with Gasteiger partial charge in [-0.25, -0.2) is 4.98 Å². The molecule has 2 heterocycles. The Labute approximate surface area is 118 Å². The molecule has 1 atom stereocenters. The molecular formula is C11H14BrN3O2S. The molecule has 0 radical (unpaired) electrons. The maximum Gasteiger partial charge on any atom is 0.167 e. The second-order valence-corrected chi connectivity index (χ2v) is 5.88. The molecule has 7 heteroatoms. The van der Waals surface area contributed by atoms with E-state index in [1.807, 2.05) is 24.4 Å². The average molecular weight is 332 g/mol. The van der Waals surface area contributed by atoms with Crippen molar-refractivity contribution in [1.29, 1.82) is 0 Å². The Bertz CT molecular complexity index is 514. The monoisotopic (exact) mass is 331 g/mol. The molecule has 1 N–H and O–H groups in total. The molecule has 2 aromatic heterocycles. The van der Waals surface area contributed by atoms with Gasteiger partial charge in [-0.15, -0.1) is 11.3 Å². The highest BCUT2D eigenvalue weighted by molar-refractivity contribution is 9.10. The fraction of sp³-hybridized carbons (Fsp3) is 0.455. The lowest BCUT2D eigenvalue weighted by Gasteiger charge is -2.18. The highest BCUT2D eigenvalue weighted by Gasteiger charge is 2.16. The van der Waals surface area contributed by atoms with Crippen LogP contribution in [0, 0.1) is 6.92 Å². The highest BCUT2D eigenvalue weighted by Crippen LogP contribution is 2.20. The summed E-state index contributed by atoms with van der Waals surface area (Å²) in [5, 5.41) is 13.7. The van der Waals surface area contributed by atoms with Crippen molar-refractivity contribution in [2.45, 2.75) is 19.6 Å². The zero-order valence-corrected chi connectivity index (χ0v) is 12.5. The number of aryl methyl sites for hydroxylation is 1. The maximum atomic E-state index is 9.99. The Balaban J connectivity index is 1.91. The van der Waals surface area contributed by atoms with Gasteiger partial charge in [-0.05, 0) is 29.9 Å². The molecule has 0 aliphatic rings. The van der Waals surface area contributed by atoms with Crippen LogP contribution in [0.15, 0.2) is 20.7 Å². The maximum absolute atomic E-state index is 9.99. The number of nitrogens with zero attached hydrogens (tertiary/aromatic N) is 3. The van der Waals surface area contributed by atoms with Crippen LogP contribution in [0.25, 0.3) is 0 Å². The van der Waals surface area contributed by atoms with Gasteiger partial charge in [0.15, 0.2) is 5.76 Å². The van der Waals surface area contributed by atoms with Crippen LogP contribution in [-0.4, -0.2) is 33.7 Å². The van der Waals surface area contributed by atoms with E-state index in [4.69, 9.17) is 4.52 Å². The van der Waals surface area contributed by atoms with Crippen molar-refractivity contribution in [3.63, 3.8) is 0 Å². The second-order valence-electron chi connectivity index (χ2n) is 4.13. The van der Waals surface area contributed by atoms with E-state index >= 15 is 0 Å². The van der Waals surface area contributed by atoms with Crippen molar-refractivity contribution >= 4 is 27.3 Å². The molecule has 5 nitrogen and oxygen atoms in total. The number of aromatic nitrogens is 2. The van der Waals surface area contributed by atoms with Gasteiger partial charge < -0.3 is 9.63 Å². The summed E-state index contributed by atoms with van der Waals surface area (Å²) in [5.41, 5.74) is 2.88. The van der Waals surface area contributed by atoms with E-state index in [2.05, 4.69) is 26.1 Å². The first-order valence-corrected chi connectivity index (χ1v) is 7.11. The average Bonchev–Trinajstić information content (AvgIpc) is 2.89. The third-order valence-corrected chi connectivity index (χ3v) is 3.86. The predicted octanol–water partition coefficient (Wildman–Crippen LogP) is 2.37. The van der Waals surface area contributed by atoms with Gasteiger partial charge in [-0.2, -0.15) is 0 Å². The molecule has 0 saturated carbocycles. The molecule has 0 saturated heterocycles. The quantitative estimate of drug-likeness (QED) is 0.911. The molecule has 1 unspecified atom stereocenters. The standard InChI is InChI=1S/C11H14BrN3O2S/c1-7-10(18-6-13-7)5-15(2)4-8(16)9-3-11(12)14-17-9/h3,6,8,16H,4-5H2,1-2H3. The van der Waals surface area contributed by atoms with Gasteiger partial charge in [0.2, 0.25) is 0 Å². The molecule has 0 aliphatic carbocycles. The molecule has 18 heavy (non-hydrogen) atoms. The van der Waals surface area contributed by atoms with Crippen LogP contribution in [0.4, 0.5) is 0 Å². The lowest BCUT2D eigenvalue weighted by atomic mass is 10.2. The topological polar surface area (TPSA) is 62.4 Å². The van der Waals surface area contributed by atoms with E-state index in [1.165, 1.54) is 4.88 Å². The van der Waals surface area contributed by atoms with Crippen LogP contribution in [0.2, 0.25) is 0 Å². The zero-order chi connectivity index (χ0) is 13.1. The van der Waals surface area contributed by atoms with E-state index < -0.39 is 6.10 Å². The normalized spacial score (nSPS) is 13.2. The van der Waals surface area contributed by atoms with E-state index in [1.54, 1.807) is 17.4 Å². The Morgan fingerprint density at radius 3 is 2.94 bits per heavy atom. The number of hydrogen-bond acceptors (Lipinski definition) is 6. The van der Waals surface area contributed by atoms with Gasteiger partial charge in [-0.3, -0.25) is 4.90 Å². The molecule has 0 amide bonds. The Kier molecular flexibility index (Phi) is 4.50. The summed E-state index contributed by atoms with van der Waals surface area (Å²) in [6.45, 7) is 3.24. The molecule has 0 fully saturated rings. The number of aliphatic hydroxyl groups excluding tert-OH is 1. The third kappa shape index (κ3) is 3.38. The van der Waals surface area contributed by atoms with E-state index in [0.717, 1.165) is 12.2 Å². The highest BCUT2D eigenvalue weighted by atomic mass is 79.9. The molecule has 0 bridgehead atoms. The number of thiazole rings is 1. The minimum Gasteiger partial charge on any atom is -0.384 e.